The summed E-state index contributed by atoms with van der Waals surface area (Å²) in [4.78, 5) is 7.79. The van der Waals surface area contributed by atoms with E-state index in [4.69, 9.17) is 12.2 Å². The van der Waals surface area contributed by atoms with Crippen LogP contribution in [0.3, 0.4) is 0 Å². The van der Waals surface area contributed by atoms with Gasteiger partial charge in [0, 0.05) is 11.4 Å². The standard InChI is InChI=1S/C15H15N3S/c1-9-6-10(7-9)18-14-11-4-2-3-5-12(11)16-8-13(14)17-15(18)19/h2-5,8-10H,6-7H2,1H3,(H,17,19). The van der Waals surface area contributed by atoms with Gasteiger partial charge in [-0.05, 0) is 37.0 Å². The zero-order chi connectivity index (χ0) is 13.0. The van der Waals surface area contributed by atoms with Crippen LogP contribution in [0.2, 0.25) is 0 Å². The van der Waals surface area contributed by atoms with Crippen molar-refractivity contribution in [1.29, 1.82) is 0 Å². The molecule has 0 spiro atoms. The monoisotopic (exact) mass is 269 g/mol. The molecule has 0 radical (unpaired) electrons. The quantitative estimate of drug-likeness (QED) is 0.671. The average molecular weight is 269 g/mol. The predicted molar refractivity (Wildman–Crippen MR) is 79.9 cm³/mol. The van der Waals surface area contributed by atoms with Gasteiger partial charge in [0.1, 0.15) is 0 Å². The number of benzene rings is 1. The second-order valence-electron chi connectivity index (χ2n) is 5.57. The van der Waals surface area contributed by atoms with Crippen LogP contribution >= 0.6 is 12.2 Å². The number of hydrogen-bond donors (Lipinski definition) is 1. The average Bonchev–Trinajstić information content (AvgIpc) is 2.71. The fraction of sp³-hybridized carbons (Fsp3) is 0.333. The lowest BCUT2D eigenvalue weighted by atomic mass is 9.81. The highest BCUT2D eigenvalue weighted by Gasteiger charge is 2.29. The van der Waals surface area contributed by atoms with Crippen molar-refractivity contribution >= 4 is 34.2 Å². The van der Waals surface area contributed by atoms with E-state index in [1.54, 1.807) is 0 Å². The molecule has 2 aromatic heterocycles. The SMILES string of the molecule is CC1CC(n2c(=S)[nH]c3cnc4ccccc4c32)C1. The largest absolute Gasteiger partial charge is 0.329 e. The molecule has 0 amide bonds. The maximum absolute atomic E-state index is 5.51. The van der Waals surface area contributed by atoms with Gasteiger partial charge in [0.25, 0.3) is 0 Å². The third-order valence-electron chi connectivity index (χ3n) is 4.16. The van der Waals surface area contributed by atoms with Gasteiger partial charge >= 0.3 is 0 Å². The molecule has 1 N–H and O–H groups in total. The molecule has 1 aromatic carbocycles. The summed E-state index contributed by atoms with van der Waals surface area (Å²) in [6, 6.07) is 8.82. The van der Waals surface area contributed by atoms with E-state index in [0.717, 1.165) is 21.7 Å². The van der Waals surface area contributed by atoms with Crippen LogP contribution in [0.25, 0.3) is 21.9 Å². The number of imidazole rings is 1. The van der Waals surface area contributed by atoms with Gasteiger partial charge in [-0.1, -0.05) is 25.1 Å². The molecular formula is C15H15N3S. The van der Waals surface area contributed by atoms with Gasteiger partial charge in [0.05, 0.1) is 22.7 Å². The molecule has 1 fully saturated rings. The zero-order valence-corrected chi connectivity index (χ0v) is 11.6. The highest BCUT2D eigenvalue weighted by atomic mass is 32.1. The van der Waals surface area contributed by atoms with Crippen molar-refractivity contribution < 1.29 is 0 Å². The van der Waals surface area contributed by atoms with Crippen LogP contribution in [-0.4, -0.2) is 14.5 Å². The summed E-state index contributed by atoms with van der Waals surface area (Å²) in [6.07, 6.45) is 4.34. The van der Waals surface area contributed by atoms with Crippen molar-refractivity contribution in [2.75, 3.05) is 0 Å². The molecule has 19 heavy (non-hydrogen) atoms. The van der Waals surface area contributed by atoms with E-state index < -0.39 is 0 Å². The van der Waals surface area contributed by atoms with Crippen LogP contribution in [0.5, 0.6) is 0 Å². The van der Waals surface area contributed by atoms with E-state index in [-0.39, 0.29) is 0 Å². The van der Waals surface area contributed by atoms with Gasteiger partial charge in [-0.3, -0.25) is 4.98 Å². The molecule has 0 aliphatic heterocycles. The number of aromatic nitrogens is 3. The Bertz CT molecular complexity index is 824. The van der Waals surface area contributed by atoms with Gasteiger partial charge in [-0.15, -0.1) is 0 Å². The Balaban J connectivity index is 2.08. The molecule has 1 aliphatic rings. The van der Waals surface area contributed by atoms with Crippen LogP contribution in [0, 0.1) is 10.7 Å². The molecule has 0 saturated heterocycles. The van der Waals surface area contributed by atoms with Crippen LogP contribution in [-0.2, 0) is 0 Å². The Hall–Kier alpha value is -1.68. The minimum Gasteiger partial charge on any atom is -0.329 e. The third kappa shape index (κ3) is 1.56. The van der Waals surface area contributed by atoms with Gasteiger partial charge in [0.15, 0.2) is 4.77 Å². The fourth-order valence-corrected chi connectivity index (χ4v) is 3.52. The summed E-state index contributed by atoms with van der Waals surface area (Å²) in [6.45, 7) is 2.30. The van der Waals surface area contributed by atoms with Crippen molar-refractivity contribution in [2.24, 2.45) is 5.92 Å². The first-order valence-corrected chi connectivity index (χ1v) is 7.13. The summed E-state index contributed by atoms with van der Waals surface area (Å²) >= 11 is 5.51. The first-order chi connectivity index (χ1) is 9.24. The number of hydrogen-bond acceptors (Lipinski definition) is 2. The normalized spacial score (nSPS) is 22.8. The van der Waals surface area contributed by atoms with Gasteiger partial charge in [0.2, 0.25) is 0 Å². The number of rotatable bonds is 1. The van der Waals surface area contributed by atoms with Crippen LogP contribution in [0.1, 0.15) is 25.8 Å². The Morgan fingerprint density at radius 2 is 2.11 bits per heavy atom. The minimum atomic E-state index is 0.544. The zero-order valence-electron chi connectivity index (χ0n) is 10.8. The molecule has 0 bridgehead atoms. The predicted octanol–water partition coefficient (Wildman–Crippen LogP) is 4.22. The van der Waals surface area contributed by atoms with Gasteiger partial charge in [-0.2, -0.15) is 0 Å². The van der Waals surface area contributed by atoms with Crippen LogP contribution in [0.4, 0.5) is 0 Å². The Morgan fingerprint density at radius 1 is 1.32 bits per heavy atom. The lowest BCUT2D eigenvalue weighted by Crippen LogP contribution is -2.24. The van der Waals surface area contributed by atoms with Crippen LogP contribution < -0.4 is 0 Å². The van der Waals surface area contributed by atoms with Crippen molar-refractivity contribution in [3.63, 3.8) is 0 Å². The van der Waals surface area contributed by atoms with Gasteiger partial charge < -0.3 is 9.55 Å². The number of para-hydroxylation sites is 1. The van der Waals surface area contributed by atoms with E-state index in [1.807, 2.05) is 12.3 Å². The molecule has 1 saturated carbocycles. The van der Waals surface area contributed by atoms with Crippen LogP contribution in [0.15, 0.2) is 30.5 Å². The van der Waals surface area contributed by atoms with E-state index in [1.165, 1.54) is 23.7 Å². The first kappa shape index (κ1) is 11.2. The Labute approximate surface area is 116 Å². The number of aromatic amines is 1. The molecule has 96 valence electrons. The van der Waals surface area contributed by atoms with Crippen molar-refractivity contribution in [3.8, 4) is 0 Å². The van der Waals surface area contributed by atoms with E-state index in [0.29, 0.717) is 6.04 Å². The Kier molecular flexibility index (Phi) is 2.30. The van der Waals surface area contributed by atoms with Gasteiger partial charge in [-0.25, -0.2) is 0 Å². The number of nitrogens with one attached hydrogen (secondary N) is 1. The van der Waals surface area contributed by atoms with E-state index in [9.17, 15) is 0 Å². The third-order valence-corrected chi connectivity index (χ3v) is 4.46. The second-order valence-corrected chi connectivity index (χ2v) is 5.95. The second kappa shape index (κ2) is 3.90. The number of pyridine rings is 1. The molecule has 1 aliphatic carbocycles. The summed E-state index contributed by atoms with van der Waals surface area (Å²) < 4.78 is 3.12. The van der Waals surface area contributed by atoms with E-state index >= 15 is 0 Å². The lowest BCUT2D eigenvalue weighted by Gasteiger charge is -2.34. The Morgan fingerprint density at radius 3 is 2.89 bits per heavy atom. The molecule has 2 heterocycles. The maximum Gasteiger partial charge on any atom is 0.178 e. The van der Waals surface area contributed by atoms with Crippen molar-refractivity contribution in [2.45, 2.75) is 25.8 Å². The summed E-state index contributed by atoms with van der Waals surface area (Å²) in [5.41, 5.74) is 3.29. The minimum absolute atomic E-state index is 0.544. The smallest absolute Gasteiger partial charge is 0.178 e. The first-order valence-electron chi connectivity index (χ1n) is 6.72. The highest BCUT2D eigenvalue weighted by molar-refractivity contribution is 7.71. The summed E-state index contributed by atoms with van der Waals surface area (Å²) in [5, 5.41) is 1.19. The number of nitrogens with zero attached hydrogens (tertiary/aromatic N) is 2. The molecule has 0 unspecified atom stereocenters. The molecule has 3 aromatic rings. The topological polar surface area (TPSA) is 33.6 Å². The molecule has 4 rings (SSSR count). The molecule has 4 heteroatoms. The van der Waals surface area contributed by atoms with Crippen molar-refractivity contribution in [3.05, 3.63) is 35.2 Å². The number of H-pyrrole nitrogens is 1. The van der Waals surface area contributed by atoms with Crippen molar-refractivity contribution in [1.82, 2.24) is 14.5 Å². The number of fused-ring (bicyclic) bond motifs is 3. The molecule has 3 nitrogen and oxygen atoms in total. The lowest BCUT2D eigenvalue weighted by molar-refractivity contribution is 0.219. The maximum atomic E-state index is 5.51. The summed E-state index contributed by atoms with van der Waals surface area (Å²) in [7, 11) is 0. The highest BCUT2D eigenvalue weighted by Crippen LogP contribution is 2.40. The van der Waals surface area contributed by atoms with E-state index in [2.05, 4.69) is 39.7 Å². The fourth-order valence-electron chi connectivity index (χ4n) is 3.17. The summed E-state index contributed by atoms with van der Waals surface area (Å²) in [5.74, 6) is 0.810. The molecular weight excluding hydrogens is 254 g/mol. The molecule has 0 atom stereocenters.